The number of rotatable bonds is 5. The highest BCUT2D eigenvalue weighted by molar-refractivity contribution is 6.30. The lowest BCUT2D eigenvalue weighted by atomic mass is 10.1. The molecule has 4 nitrogen and oxygen atoms in total. The average Bonchev–Trinajstić information content (AvgIpc) is 2.48. The molecule has 0 aliphatic carbocycles. The minimum absolute atomic E-state index is 0.324. The first-order valence-corrected chi connectivity index (χ1v) is 7.03. The smallest absolute Gasteiger partial charge is 0.340 e. The van der Waals surface area contributed by atoms with E-state index in [-0.39, 0.29) is 5.97 Å². The van der Waals surface area contributed by atoms with Crippen molar-refractivity contribution in [3.05, 3.63) is 58.6 Å². The summed E-state index contributed by atoms with van der Waals surface area (Å²) in [6.45, 7) is 2.67. The van der Waals surface area contributed by atoms with E-state index in [2.05, 4.69) is 5.32 Å². The van der Waals surface area contributed by atoms with Crippen LogP contribution in [0.4, 0.5) is 11.4 Å². The Labute approximate surface area is 128 Å². The molecule has 0 aliphatic rings. The van der Waals surface area contributed by atoms with E-state index in [1.165, 1.54) is 0 Å². The van der Waals surface area contributed by atoms with Crippen molar-refractivity contribution in [2.24, 2.45) is 0 Å². The highest BCUT2D eigenvalue weighted by Gasteiger charge is 2.12. The third kappa shape index (κ3) is 4.13. The van der Waals surface area contributed by atoms with Gasteiger partial charge in [0.2, 0.25) is 0 Å². The summed E-state index contributed by atoms with van der Waals surface area (Å²) in [5.41, 5.74) is 8.45. The summed E-state index contributed by atoms with van der Waals surface area (Å²) in [6, 6.07) is 12.6. The summed E-state index contributed by atoms with van der Waals surface area (Å²) < 4.78 is 5.04. The second-order valence-corrected chi connectivity index (χ2v) is 4.94. The molecule has 2 rings (SSSR count). The molecule has 0 fully saturated rings. The summed E-state index contributed by atoms with van der Waals surface area (Å²) in [7, 11) is 0. The molecule has 2 aromatic carbocycles. The first kappa shape index (κ1) is 15.2. The molecule has 5 heteroatoms. The Morgan fingerprint density at radius 3 is 2.62 bits per heavy atom. The number of anilines is 2. The van der Waals surface area contributed by atoms with Crippen LogP contribution < -0.4 is 11.1 Å². The molecule has 0 unspecified atom stereocenters. The molecule has 110 valence electrons. The highest BCUT2D eigenvalue weighted by Crippen LogP contribution is 2.21. The van der Waals surface area contributed by atoms with Gasteiger partial charge >= 0.3 is 5.97 Å². The Balaban J connectivity index is 2.15. The van der Waals surface area contributed by atoms with Gasteiger partial charge in [0, 0.05) is 22.9 Å². The molecule has 0 heterocycles. The van der Waals surface area contributed by atoms with Crippen molar-refractivity contribution >= 4 is 28.9 Å². The molecule has 0 saturated carbocycles. The second kappa shape index (κ2) is 6.99. The van der Waals surface area contributed by atoms with Gasteiger partial charge in [0.1, 0.15) is 0 Å². The van der Waals surface area contributed by atoms with Crippen molar-refractivity contribution in [2.75, 3.05) is 17.7 Å². The van der Waals surface area contributed by atoms with E-state index in [9.17, 15) is 4.79 Å². The molecule has 0 radical (unpaired) electrons. The SMILES string of the molecule is CCOC(=O)c1cc(N)ccc1NCc1ccc(Cl)cc1. The Morgan fingerprint density at radius 1 is 1.24 bits per heavy atom. The summed E-state index contributed by atoms with van der Waals surface area (Å²) in [5.74, 6) is -0.386. The molecule has 0 atom stereocenters. The molecule has 0 aliphatic heterocycles. The van der Waals surface area contributed by atoms with Crippen LogP contribution in [0.2, 0.25) is 5.02 Å². The van der Waals surface area contributed by atoms with Crippen LogP contribution >= 0.6 is 11.6 Å². The number of carbonyl (C=O) groups is 1. The summed E-state index contributed by atoms with van der Waals surface area (Å²) in [6.07, 6.45) is 0. The van der Waals surface area contributed by atoms with Crippen molar-refractivity contribution in [1.82, 2.24) is 0 Å². The van der Waals surface area contributed by atoms with Gasteiger partial charge in [-0.25, -0.2) is 4.79 Å². The predicted molar refractivity (Wildman–Crippen MR) is 85.6 cm³/mol. The van der Waals surface area contributed by atoms with Crippen LogP contribution in [0.5, 0.6) is 0 Å². The van der Waals surface area contributed by atoms with Gasteiger partial charge in [0.25, 0.3) is 0 Å². The van der Waals surface area contributed by atoms with E-state index < -0.39 is 0 Å². The molecule has 0 bridgehead atoms. The van der Waals surface area contributed by atoms with Gasteiger partial charge in [-0.3, -0.25) is 0 Å². The van der Waals surface area contributed by atoms with Gasteiger partial charge < -0.3 is 15.8 Å². The minimum Gasteiger partial charge on any atom is -0.462 e. The van der Waals surface area contributed by atoms with E-state index in [0.717, 1.165) is 5.56 Å². The van der Waals surface area contributed by atoms with Gasteiger partial charge in [0.15, 0.2) is 0 Å². The first-order valence-electron chi connectivity index (χ1n) is 6.65. The Hall–Kier alpha value is -2.20. The summed E-state index contributed by atoms with van der Waals surface area (Å²) in [5, 5.41) is 3.91. The van der Waals surface area contributed by atoms with Crippen LogP contribution in [0, 0.1) is 0 Å². The van der Waals surface area contributed by atoms with Crippen molar-refractivity contribution in [3.8, 4) is 0 Å². The average molecular weight is 305 g/mol. The maximum absolute atomic E-state index is 11.9. The van der Waals surface area contributed by atoms with Crippen LogP contribution in [0.3, 0.4) is 0 Å². The van der Waals surface area contributed by atoms with Gasteiger partial charge in [-0.1, -0.05) is 23.7 Å². The highest BCUT2D eigenvalue weighted by atomic mass is 35.5. The molecule has 21 heavy (non-hydrogen) atoms. The number of esters is 1. The van der Waals surface area contributed by atoms with Crippen LogP contribution in [0.25, 0.3) is 0 Å². The van der Waals surface area contributed by atoms with E-state index in [4.69, 9.17) is 22.1 Å². The predicted octanol–water partition coefficient (Wildman–Crippen LogP) is 3.71. The number of benzene rings is 2. The Bertz CT molecular complexity index is 627. The number of nitrogens with one attached hydrogen (secondary N) is 1. The van der Waals surface area contributed by atoms with Crippen LogP contribution in [-0.2, 0) is 11.3 Å². The fourth-order valence-electron chi connectivity index (χ4n) is 1.89. The van der Waals surface area contributed by atoms with Crippen molar-refractivity contribution < 1.29 is 9.53 Å². The third-order valence-electron chi connectivity index (χ3n) is 2.94. The zero-order valence-corrected chi connectivity index (χ0v) is 12.5. The van der Waals surface area contributed by atoms with Crippen molar-refractivity contribution in [1.29, 1.82) is 0 Å². The quantitative estimate of drug-likeness (QED) is 0.653. The third-order valence-corrected chi connectivity index (χ3v) is 3.19. The molecule has 0 aromatic heterocycles. The molecule has 3 N–H and O–H groups in total. The van der Waals surface area contributed by atoms with Crippen molar-refractivity contribution in [2.45, 2.75) is 13.5 Å². The van der Waals surface area contributed by atoms with Crippen LogP contribution in [0.15, 0.2) is 42.5 Å². The van der Waals surface area contributed by atoms with Crippen molar-refractivity contribution in [3.63, 3.8) is 0 Å². The standard InChI is InChI=1S/C16H17ClN2O2/c1-2-21-16(20)14-9-13(18)7-8-15(14)19-10-11-3-5-12(17)6-4-11/h3-9,19H,2,10,18H2,1H3. The van der Waals surface area contributed by atoms with E-state index in [1.807, 2.05) is 24.3 Å². The topological polar surface area (TPSA) is 64.3 Å². The second-order valence-electron chi connectivity index (χ2n) is 4.51. The van der Waals surface area contributed by atoms with E-state index in [1.54, 1.807) is 25.1 Å². The normalized spacial score (nSPS) is 10.2. The number of nitrogens with two attached hydrogens (primary N) is 1. The Kier molecular flexibility index (Phi) is 5.06. The minimum atomic E-state index is -0.386. The molecular weight excluding hydrogens is 288 g/mol. The summed E-state index contributed by atoms with van der Waals surface area (Å²) in [4.78, 5) is 11.9. The van der Waals surface area contributed by atoms with Gasteiger partial charge in [-0.15, -0.1) is 0 Å². The number of halogens is 1. The number of ether oxygens (including phenoxy) is 1. The largest absolute Gasteiger partial charge is 0.462 e. The maximum Gasteiger partial charge on any atom is 0.340 e. The lowest BCUT2D eigenvalue weighted by Crippen LogP contribution is -2.10. The van der Waals surface area contributed by atoms with E-state index >= 15 is 0 Å². The monoisotopic (exact) mass is 304 g/mol. The fraction of sp³-hybridized carbons (Fsp3) is 0.188. The number of hydrogen-bond donors (Lipinski definition) is 2. The van der Waals surface area contributed by atoms with Gasteiger partial charge in [0.05, 0.1) is 12.2 Å². The maximum atomic E-state index is 11.9. The van der Waals surface area contributed by atoms with Gasteiger partial charge in [-0.2, -0.15) is 0 Å². The van der Waals surface area contributed by atoms with Crippen LogP contribution in [0.1, 0.15) is 22.8 Å². The molecule has 2 aromatic rings. The molecular formula is C16H17ClN2O2. The first-order chi connectivity index (χ1) is 10.1. The Morgan fingerprint density at radius 2 is 1.95 bits per heavy atom. The molecule has 0 saturated heterocycles. The lowest BCUT2D eigenvalue weighted by Gasteiger charge is -2.12. The zero-order valence-electron chi connectivity index (χ0n) is 11.7. The number of hydrogen-bond acceptors (Lipinski definition) is 4. The number of carbonyl (C=O) groups excluding carboxylic acids is 1. The summed E-state index contributed by atoms with van der Waals surface area (Å²) >= 11 is 5.85. The lowest BCUT2D eigenvalue weighted by molar-refractivity contribution is 0.0527. The molecule has 0 amide bonds. The molecule has 0 spiro atoms. The fourth-order valence-corrected chi connectivity index (χ4v) is 2.02. The van der Waals surface area contributed by atoms with Gasteiger partial charge in [-0.05, 0) is 42.8 Å². The van der Waals surface area contributed by atoms with Crippen LogP contribution in [-0.4, -0.2) is 12.6 Å². The number of nitrogen functional groups attached to an aromatic ring is 1. The zero-order chi connectivity index (χ0) is 15.2. The van der Waals surface area contributed by atoms with E-state index in [0.29, 0.717) is 35.1 Å².